The molecule has 4 rings (SSSR count). The number of thiophene rings is 1. The number of rotatable bonds is 8. The van der Waals surface area contributed by atoms with Crippen LogP contribution in [0.4, 0.5) is 0 Å². The van der Waals surface area contributed by atoms with E-state index in [1.54, 1.807) is 11.3 Å². The van der Waals surface area contributed by atoms with E-state index in [4.69, 9.17) is 4.74 Å². The first-order valence-electron chi connectivity index (χ1n) is 10.3. The number of nitrogens with zero attached hydrogens (tertiary/aromatic N) is 3. The van der Waals surface area contributed by atoms with Crippen molar-refractivity contribution < 1.29 is 9.53 Å². The zero-order valence-corrected chi connectivity index (χ0v) is 18.0. The van der Waals surface area contributed by atoms with Crippen LogP contribution in [0, 0.1) is 0 Å². The van der Waals surface area contributed by atoms with Gasteiger partial charge in [-0.2, -0.15) is 0 Å². The van der Waals surface area contributed by atoms with Gasteiger partial charge in [0, 0.05) is 28.5 Å². The zero-order valence-electron chi connectivity index (χ0n) is 16.4. The van der Waals surface area contributed by atoms with Crippen molar-refractivity contribution in [2.24, 2.45) is 0 Å². The molecular weight excluding hydrogens is 392 g/mol. The first-order chi connectivity index (χ1) is 13.7. The molecule has 8 heteroatoms. The van der Waals surface area contributed by atoms with Gasteiger partial charge in [-0.25, -0.2) is 0 Å². The van der Waals surface area contributed by atoms with Gasteiger partial charge in [-0.3, -0.25) is 9.36 Å². The SMILES string of the molecule is CCc1cc(-c2nnc(SCC(=O)NC3CCCC3)n2CC2CCCO2)cs1. The number of hydrogen-bond donors (Lipinski definition) is 1. The van der Waals surface area contributed by atoms with Crippen LogP contribution in [0.25, 0.3) is 11.4 Å². The molecule has 6 nitrogen and oxygen atoms in total. The van der Waals surface area contributed by atoms with E-state index in [1.165, 1.54) is 29.5 Å². The standard InChI is InChI=1S/C20H28N4O2S2/c1-2-17-10-14(12-27-17)19-22-23-20(24(19)11-16-8-5-9-26-16)28-13-18(25)21-15-6-3-4-7-15/h10,12,15-16H,2-9,11,13H2,1H3,(H,21,25). The molecule has 1 unspecified atom stereocenters. The van der Waals surface area contributed by atoms with Gasteiger partial charge in [-0.15, -0.1) is 21.5 Å². The molecule has 0 aromatic carbocycles. The maximum Gasteiger partial charge on any atom is 0.230 e. The third kappa shape index (κ3) is 4.78. The van der Waals surface area contributed by atoms with E-state index in [0.717, 1.165) is 61.8 Å². The molecule has 2 aromatic rings. The minimum absolute atomic E-state index is 0.0916. The van der Waals surface area contributed by atoms with Crippen LogP contribution in [-0.4, -0.2) is 45.2 Å². The highest BCUT2D eigenvalue weighted by atomic mass is 32.2. The third-order valence-electron chi connectivity index (χ3n) is 5.44. The molecule has 2 aromatic heterocycles. The van der Waals surface area contributed by atoms with Gasteiger partial charge >= 0.3 is 0 Å². The molecule has 2 fully saturated rings. The smallest absolute Gasteiger partial charge is 0.230 e. The van der Waals surface area contributed by atoms with Crippen molar-refractivity contribution in [2.45, 2.75) is 75.7 Å². The predicted octanol–water partition coefficient (Wildman–Crippen LogP) is 3.90. The Morgan fingerprint density at radius 2 is 2.18 bits per heavy atom. The van der Waals surface area contributed by atoms with Crippen molar-refractivity contribution in [1.29, 1.82) is 0 Å². The van der Waals surface area contributed by atoms with Crippen LogP contribution in [0.5, 0.6) is 0 Å². The van der Waals surface area contributed by atoms with Crippen molar-refractivity contribution >= 4 is 29.0 Å². The van der Waals surface area contributed by atoms with Crippen molar-refractivity contribution in [1.82, 2.24) is 20.1 Å². The lowest BCUT2D eigenvalue weighted by Gasteiger charge is -2.15. The Morgan fingerprint density at radius 3 is 2.89 bits per heavy atom. The third-order valence-corrected chi connectivity index (χ3v) is 7.49. The summed E-state index contributed by atoms with van der Waals surface area (Å²) in [5.41, 5.74) is 1.11. The quantitative estimate of drug-likeness (QED) is 0.656. The molecule has 1 N–H and O–H groups in total. The Kier molecular flexibility index (Phi) is 6.69. The molecule has 1 saturated heterocycles. The number of carbonyl (C=O) groups is 1. The monoisotopic (exact) mass is 420 g/mol. The lowest BCUT2D eigenvalue weighted by atomic mass is 10.2. The van der Waals surface area contributed by atoms with E-state index in [9.17, 15) is 4.79 Å². The van der Waals surface area contributed by atoms with Gasteiger partial charge in [0.05, 0.1) is 18.4 Å². The molecule has 1 atom stereocenters. The van der Waals surface area contributed by atoms with Crippen molar-refractivity contribution in [3.8, 4) is 11.4 Å². The number of amides is 1. The van der Waals surface area contributed by atoms with E-state index in [2.05, 4.69) is 38.5 Å². The van der Waals surface area contributed by atoms with Gasteiger partial charge in [-0.1, -0.05) is 31.5 Å². The summed E-state index contributed by atoms with van der Waals surface area (Å²) in [6.07, 6.45) is 8.04. The van der Waals surface area contributed by atoms with Crippen LogP contribution in [0.1, 0.15) is 50.3 Å². The van der Waals surface area contributed by atoms with Crippen LogP contribution in [0.15, 0.2) is 16.6 Å². The Labute approximate surface area is 174 Å². The molecule has 0 spiro atoms. The summed E-state index contributed by atoms with van der Waals surface area (Å²) in [5, 5.41) is 15.0. The predicted molar refractivity (Wildman–Crippen MR) is 113 cm³/mol. The highest BCUT2D eigenvalue weighted by molar-refractivity contribution is 7.99. The summed E-state index contributed by atoms with van der Waals surface area (Å²) in [6, 6.07) is 2.55. The van der Waals surface area contributed by atoms with Crippen LogP contribution in [-0.2, 0) is 22.5 Å². The number of aryl methyl sites for hydroxylation is 1. The number of thioether (sulfide) groups is 1. The highest BCUT2D eigenvalue weighted by Gasteiger charge is 2.23. The van der Waals surface area contributed by atoms with Gasteiger partial charge in [0.25, 0.3) is 0 Å². The van der Waals surface area contributed by atoms with Crippen LogP contribution >= 0.6 is 23.1 Å². The molecule has 28 heavy (non-hydrogen) atoms. The Hall–Kier alpha value is -1.38. The van der Waals surface area contributed by atoms with Crippen LogP contribution in [0.2, 0.25) is 0 Å². The van der Waals surface area contributed by atoms with Crippen molar-refractivity contribution in [3.63, 3.8) is 0 Å². The van der Waals surface area contributed by atoms with E-state index in [-0.39, 0.29) is 12.0 Å². The van der Waals surface area contributed by atoms with Crippen molar-refractivity contribution in [3.05, 3.63) is 16.3 Å². The second-order valence-electron chi connectivity index (χ2n) is 7.54. The average molecular weight is 421 g/mol. The fourth-order valence-corrected chi connectivity index (χ4v) is 5.49. The number of hydrogen-bond acceptors (Lipinski definition) is 6. The lowest BCUT2D eigenvalue weighted by molar-refractivity contribution is -0.119. The Balaban J connectivity index is 1.47. The fourth-order valence-electron chi connectivity index (χ4n) is 3.92. The summed E-state index contributed by atoms with van der Waals surface area (Å²) in [7, 11) is 0. The van der Waals surface area contributed by atoms with Crippen molar-refractivity contribution in [2.75, 3.05) is 12.4 Å². The zero-order chi connectivity index (χ0) is 19.3. The molecular formula is C20H28N4O2S2. The van der Waals surface area contributed by atoms with Crippen LogP contribution in [0.3, 0.4) is 0 Å². The maximum absolute atomic E-state index is 12.3. The summed E-state index contributed by atoms with van der Waals surface area (Å²) < 4.78 is 7.99. The molecule has 0 radical (unpaired) electrons. The molecule has 3 heterocycles. The molecule has 152 valence electrons. The minimum Gasteiger partial charge on any atom is -0.376 e. The first-order valence-corrected chi connectivity index (χ1v) is 12.1. The van der Waals surface area contributed by atoms with E-state index < -0.39 is 0 Å². The van der Waals surface area contributed by atoms with Gasteiger partial charge in [-0.05, 0) is 38.2 Å². The average Bonchev–Trinajstić information content (AvgIpc) is 3.48. The Bertz CT molecular complexity index is 792. The minimum atomic E-state index is 0.0916. The first kappa shape index (κ1) is 19.9. The normalized spacial score (nSPS) is 20.1. The molecule has 1 amide bonds. The molecule has 2 aliphatic rings. The number of nitrogens with one attached hydrogen (secondary N) is 1. The van der Waals surface area contributed by atoms with E-state index in [0.29, 0.717) is 11.8 Å². The largest absolute Gasteiger partial charge is 0.376 e. The lowest BCUT2D eigenvalue weighted by Crippen LogP contribution is -2.33. The second-order valence-corrected chi connectivity index (χ2v) is 9.48. The summed E-state index contributed by atoms with van der Waals surface area (Å²) >= 11 is 3.23. The maximum atomic E-state index is 12.3. The molecule has 1 saturated carbocycles. The molecule has 1 aliphatic heterocycles. The molecule has 0 bridgehead atoms. The van der Waals surface area contributed by atoms with E-state index >= 15 is 0 Å². The van der Waals surface area contributed by atoms with Gasteiger partial charge in [0.2, 0.25) is 5.91 Å². The number of aromatic nitrogens is 3. The van der Waals surface area contributed by atoms with Gasteiger partial charge in [0.15, 0.2) is 11.0 Å². The van der Waals surface area contributed by atoms with E-state index in [1.807, 2.05) is 0 Å². The second kappa shape index (κ2) is 9.41. The number of ether oxygens (including phenoxy) is 1. The van der Waals surface area contributed by atoms with Crippen LogP contribution < -0.4 is 5.32 Å². The Morgan fingerprint density at radius 1 is 1.32 bits per heavy atom. The summed E-state index contributed by atoms with van der Waals surface area (Å²) in [5.74, 6) is 1.35. The fraction of sp³-hybridized carbons (Fsp3) is 0.650. The summed E-state index contributed by atoms with van der Waals surface area (Å²) in [4.78, 5) is 13.7. The van der Waals surface area contributed by atoms with Gasteiger partial charge in [0.1, 0.15) is 0 Å². The summed E-state index contributed by atoms with van der Waals surface area (Å²) in [6.45, 7) is 3.73. The number of carbonyl (C=O) groups excluding carboxylic acids is 1. The molecule has 1 aliphatic carbocycles. The topological polar surface area (TPSA) is 69.0 Å². The van der Waals surface area contributed by atoms with Gasteiger partial charge < -0.3 is 10.1 Å². The highest BCUT2D eigenvalue weighted by Crippen LogP contribution is 2.29.